The van der Waals surface area contributed by atoms with E-state index in [9.17, 15) is 13.2 Å². The quantitative estimate of drug-likeness (QED) is 0.747. The third-order valence-electron chi connectivity index (χ3n) is 3.35. The second kappa shape index (κ2) is 6.14. The van der Waals surface area contributed by atoms with E-state index in [0.29, 0.717) is 13.2 Å². The lowest BCUT2D eigenvalue weighted by Gasteiger charge is -2.29. The molecule has 1 atom stereocenters. The molecule has 0 aromatic carbocycles. The van der Waals surface area contributed by atoms with Gasteiger partial charge in [0.05, 0.1) is 12.7 Å². The zero-order valence-corrected chi connectivity index (χ0v) is 12.8. The Kier molecular flexibility index (Phi) is 4.67. The summed E-state index contributed by atoms with van der Waals surface area (Å²) >= 11 is 0. The second-order valence-corrected chi connectivity index (χ2v) is 6.85. The van der Waals surface area contributed by atoms with Crippen molar-refractivity contribution >= 4 is 16.0 Å². The fraction of sp³-hybridized carbons (Fsp3) is 0.583. The molecule has 1 aromatic heterocycles. The van der Waals surface area contributed by atoms with Gasteiger partial charge in [-0.3, -0.25) is 0 Å². The molecule has 0 aliphatic carbocycles. The summed E-state index contributed by atoms with van der Waals surface area (Å²) in [4.78, 5) is 12.9. The molecule has 2 rings (SSSR count). The number of aromatic carboxylic acids is 1. The van der Waals surface area contributed by atoms with Crippen molar-refractivity contribution in [1.82, 2.24) is 14.2 Å². The number of hydrogen-bond acceptors (Lipinski definition) is 5. The average Bonchev–Trinajstić information content (AvgIpc) is 2.80. The predicted octanol–water partition coefficient (Wildman–Crippen LogP) is -0.668. The number of hydrogen-bond donors (Lipinski definition) is 2. The number of nitrogens with zero attached hydrogens (tertiary/aromatic N) is 2. The van der Waals surface area contributed by atoms with E-state index < -0.39 is 16.0 Å². The van der Waals surface area contributed by atoms with E-state index in [1.807, 2.05) is 7.05 Å². The number of carbonyl (C=O) groups is 1. The van der Waals surface area contributed by atoms with Crippen LogP contribution in [0.15, 0.2) is 17.2 Å². The zero-order chi connectivity index (χ0) is 15.6. The van der Waals surface area contributed by atoms with Gasteiger partial charge < -0.3 is 19.3 Å². The van der Waals surface area contributed by atoms with Crippen LogP contribution in [0.5, 0.6) is 0 Å². The van der Waals surface area contributed by atoms with Crippen LogP contribution in [0.3, 0.4) is 0 Å². The standard InChI is InChI=1S/C12H19N3O5S/c1-14-3-4-20-9(7-14)6-13-21(18,19)10-5-11(12(16)17)15(2)8-10/h5,8-9,13H,3-4,6-7H2,1-2H3,(H,16,17). The molecule has 2 N–H and O–H groups in total. The highest BCUT2D eigenvalue weighted by Gasteiger charge is 2.23. The summed E-state index contributed by atoms with van der Waals surface area (Å²) < 4.78 is 33.5. The number of morpholine rings is 1. The summed E-state index contributed by atoms with van der Waals surface area (Å²) in [6.07, 6.45) is 1.07. The first-order valence-electron chi connectivity index (χ1n) is 6.49. The number of aromatic nitrogens is 1. The van der Waals surface area contributed by atoms with Crippen LogP contribution in [0.25, 0.3) is 0 Å². The van der Waals surface area contributed by atoms with E-state index in [-0.39, 0.29) is 23.2 Å². The van der Waals surface area contributed by atoms with E-state index in [1.165, 1.54) is 17.8 Å². The Balaban J connectivity index is 2.04. The molecule has 0 saturated carbocycles. The van der Waals surface area contributed by atoms with Gasteiger partial charge in [-0.1, -0.05) is 0 Å². The van der Waals surface area contributed by atoms with Crippen LogP contribution in [-0.4, -0.2) is 68.4 Å². The largest absolute Gasteiger partial charge is 0.477 e. The van der Waals surface area contributed by atoms with Crippen molar-refractivity contribution in [2.45, 2.75) is 11.0 Å². The van der Waals surface area contributed by atoms with Crippen LogP contribution in [0.2, 0.25) is 0 Å². The van der Waals surface area contributed by atoms with Crippen molar-refractivity contribution in [3.05, 3.63) is 18.0 Å². The lowest BCUT2D eigenvalue weighted by Crippen LogP contribution is -2.45. The molecule has 1 fully saturated rings. The Morgan fingerprint density at radius 3 is 2.81 bits per heavy atom. The Morgan fingerprint density at radius 2 is 2.24 bits per heavy atom. The smallest absolute Gasteiger partial charge is 0.352 e. The summed E-state index contributed by atoms with van der Waals surface area (Å²) in [7, 11) is -0.312. The molecule has 2 heterocycles. The molecule has 1 aromatic rings. The molecule has 1 aliphatic rings. The maximum Gasteiger partial charge on any atom is 0.352 e. The molecule has 118 valence electrons. The monoisotopic (exact) mass is 317 g/mol. The SMILES string of the molecule is CN1CCOC(CNS(=O)(=O)c2cc(C(=O)O)n(C)c2)C1. The van der Waals surface area contributed by atoms with Gasteiger partial charge >= 0.3 is 5.97 Å². The van der Waals surface area contributed by atoms with Gasteiger partial charge in [-0.15, -0.1) is 0 Å². The fourth-order valence-corrected chi connectivity index (χ4v) is 3.31. The van der Waals surface area contributed by atoms with Crippen LogP contribution in [0.4, 0.5) is 0 Å². The Bertz CT molecular complexity index is 625. The number of carboxylic acids is 1. The molecular weight excluding hydrogens is 298 g/mol. The topological polar surface area (TPSA) is 101 Å². The van der Waals surface area contributed by atoms with Gasteiger partial charge in [0.2, 0.25) is 10.0 Å². The van der Waals surface area contributed by atoms with E-state index in [4.69, 9.17) is 9.84 Å². The van der Waals surface area contributed by atoms with Gasteiger partial charge in [0.15, 0.2) is 0 Å². The fourth-order valence-electron chi connectivity index (χ4n) is 2.17. The van der Waals surface area contributed by atoms with Crippen molar-refractivity contribution in [2.75, 3.05) is 33.3 Å². The minimum Gasteiger partial charge on any atom is -0.477 e. The van der Waals surface area contributed by atoms with Crippen molar-refractivity contribution in [2.24, 2.45) is 7.05 Å². The molecule has 0 amide bonds. The number of rotatable bonds is 5. The molecular formula is C12H19N3O5S. The van der Waals surface area contributed by atoms with Gasteiger partial charge in [-0.25, -0.2) is 17.9 Å². The Morgan fingerprint density at radius 1 is 1.52 bits per heavy atom. The van der Waals surface area contributed by atoms with Gasteiger partial charge in [0, 0.05) is 32.9 Å². The van der Waals surface area contributed by atoms with Crippen LogP contribution < -0.4 is 4.72 Å². The summed E-state index contributed by atoms with van der Waals surface area (Å²) in [6.45, 7) is 2.20. The molecule has 0 bridgehead atoms. The van der Waals surface area contributed by atoms with Gasteiger partial charge in [0.25, 0.3) is 0 Å². The molecule has 8 nitrogen and oxygen atoms in total. The van der Waals surface area contributed by atoms with Gasteiger partial charge in [-0.05, 0) is 13.1 Å². The highest BCUT2D eigenvalue weighted by molar-refractivity contribution is 7.89. The van der Waals surface area contributed by atoms with Crippen molar-refractivity contribution in [1.29, 1.82) is 0 Å². The average molecular weight is 317 g/mol. The highest BCUT2D eigenvalue weighted by Crippen LogP contribution is 2.13. The Hall–Kier alpha value is -1.42. The number of carboxylic acid groups (broad SMARTS) is 1. The summed E-state index contributed by atoms with van der Waals surface area (Å²) in [5.74, 6) is -1.17. The number of nitrogens with one attached hydrogen (secondary N) is 1. The molecule has 0 radical (unpaired) electrons. The van der Waals surface area contributed by atoms with Crippen molar-refractivity contribution in [3.63, 3.8) is 0 Å². The predicted molar refractivity (Wildman–Crippen MR) is 74.8 cm³/mol. The highest BCUT2D eigenvalue weighted by atomic mass is 32.2. The lowest BCUT2D eigenvalue weighted by atomic mass is 10.3. The summed E-state index contributed by atoms with van der Waals surface area (Å²) in [5, 5.41) is 8.95. The van der Waals surface area contributed by atoms with E-state index >= 15 is 0 Å². The third kappa shape index (κ3) is 3.82. The number of aryl methyl sites for hydroxylation is 1. The number of likely N-dealkylation sites (N-methyl/N-ethyl adjacent to an activating group) is 1. The molecule has 1 unspecified atom stereocenters. The molecule has 1 aliphatic heterocycles. The van der Waals surface area contributed by atoms with Crippen LogP contribution in [-0.2, 0) is 21.8 Å². The van der Waals surface area contributed by atoms with E-state index in [1.54, 1.807) is 0 Å². The van der Waals surface area contributed by atoms with Crippen LogP contribution >= 0.6 is 0 Å². The molecule has 9 heteroatoms. The first kappa shape index (κ1) is 16.0. The molecule has 0 spiro atoms. The first-order chi connectivity index (χ1) is 9.79. The molecule has 1 saturated heterocycles. The lowest BCUT2D eigenvalue weighted by molar-refractivity contribution is -0.0156. The zero-order valence-electron chi connectivity index (χ0n) is 11.9. The Labute approximate surface area is 123 Å². The maximum atomic E-state index is 12.2. The van der Waals surface area contributed by atoms with Crippen molar-refractivity contribution < 1.29 is 23.1 Å². The maximum absolute atomic E-state index is 12.2. The molecule has 21 heavy (non-hydrogen) atoms. The number of sulfonamides is 1. The van der Waals surface area contributed by atoms with Crippen molar-refractivity contribution in [3.8, 4) is 0 Å². The normalized spacial score (nSPS) is 20.6. The van der Waals surface area contributed by atoms with Gasteiger partial charge in [0.1, 0.15) is 10.6 Å². The van der Waals surface area contributed by atoms with Crippen LogP contribution in [0.1, 0.15) is 10.5 Å². The number of ether oxygens (including phenoxy) is 1. The second-order valence-electron chi connectivity index (χ2n) is 5.08. The first-order valence-corrected chi connectivity index (χ1v) is 7.97. The van der Waals surface area contributed by atoms with E-state index in [2.05, 4.69) is 9.62 Å². The summed E-state index contributed by atoms with van der Waals surface area (Å²) in [6, 6.07) is 1.14. The third-order valence-corrected chi connectivity index (χ3v) is 4.74. The van der Waals surface area contributed by atoms with E-state index in [0.717, 1.165) is 12.6 Å². The summed E-state index contributed by atoms with van der Waals surface area (Å²) in [5.41, 5.74) is -0.0796. The van der Waals surface area contributed by atoms with Crippen LogP contribution in [0, 0.1) is 0 Å². The van der Waals surface area contributed by atoms with Gasteiger partial charge in [-0.2, -0.15) is 0 Å². The minimum absolute atomic E-state index is 0.0634. The minimum atomic E-state index is -3.75.